The van der Waals surface area contributed by atoms with Crippen molar-refractivity contribution in [3.05, 3.63) is 34.9 Å². The summed E-state index contributed by atoms with van der Waals surface area (Å²) in [6.07, 6.45) is 1.55. The summed E-state index contributed by atoms with van der Waals surface area (Å²) in [6, 6.07) is 6.14. The second-order valence-electron chi connectivity index (χ2n) is 6.85. The first-order chi connectivity index (χ1) is 11.9. The lowest BCUT2D eigenvalue weighted by atomic mass is 10.0. The van der Waals surface area contributed by atoms with Crippen LogP contribution in [0.2, 0.25) is 5.02 Å². The average Bonchev–Trinajstić information content (AvgIpc) is 2.60. The quantitative estimate of drug-likeness (QED) is 0.841. The monoisotopic (exact) mass is 366 g/mol. The lowest BCUT2D eigenvalue weighted by Gasteiger charge is -2.35. The van der Waals surface area contributed by atoms with E-state index in [1.165, 1.54) is 0 Å². The Labute approximate surface area is 154 Å². The first-order valence-corrected chi connectivity index (χ1v) is 9.25. The molecule has 5 nitrogen and oxygen atoms in total. The molecule has 1 aromatic rings. The Balaban J connectivity index is 2.08. The third-order valence-corrected chi connectivity index (χ3v) is 4.57. The van der Waals surface area contributed by atoms with E-state index in [-0.39, 0.29) is 17.9 Å². The predicted molar refractivity (Wildman–Crippen MR) is 98.8 cm³/mol. The van der Waals surface area contributed by atoms with Crippen LogP contribution in [0.15, 0.2) is 24.3 Å². The summed E-state index contributed by atoms with van der Waals surface area (Å²) in [5, 5.41) is 3.47. The van der Waals surface area contributed by atoms with Gasteiger partial charge in [0.1, 0.15) is 6.04 Å². The van der Waals surface area contributed by atoms with Gasteiger partial charge in [-0.2, -0.15) is 0 Å². The molecule has 2 atom stereocenters. The second kappa shape index (κ2) is 9.20. The standard InChI is InChI=1S/C19H27ClN2O3/c1-4-16-12-22(9-10-25-16)19(24)17(11-13(2)3)21-18(23)14-5-7-15(20)8-6-14/h5-8,13,16-17H,4,9-12H2,1-3H3,(H,21,23)/t16-,17-/m1/s1. The van der Waals surface area contributed by atoms with Gasteiger partial charge in [0.25, 0.3) is 5.91 Å². The van der Waals surface area contributed by atoms with E-state index in [0.29, 0.717) is 42.6 Å². The van der Waals surface area contributed by atoms with Gasteiger partial charge in [0, 0.05) is 23.7 Å². The first-order valence-electron chi connectivity index (χ1n) is 8.87. The van der Waals surface area contributed by atoms with E-state index in [9.17, 15) is 9.59 Å². The van der Waals surface area contributed by atoms with Crippen molar-refractivity contribution in [2.75, 3.05) is 19.7 Å². The number of ether oxygens (including phenoxy) is 1. The smallest absolute Gasteiger partial charge is 0.251 e. The second-order valence-corrected chi connectivity index (χ2v) is 7.28. The number of nitrogens with one attached hydrogen (secondary N) is 1. The largest absolute Gasteiger partial charge is 0.375 e. The van der Waals surface area contributed by atoms with Gasteiger partial charge in [0.2, 0.25) is 5.91 Å². The van der Waals surface area contributed by atoms with Crippen LogP contribution in [-0.2, 0) is 9.53 Å². The zero-order valence-electron chi connectivity index (χ0n) is 15.1. The molecule has 1 N–H and O–H groups in total. The van der Waals surface area contributed by atoms with E-state index in [4.69, 9.17) is 16.3 Å². The van der Waals surface area contributed by atoms with Gasteiger partial charge < -0.3 is 15.0 Å². The van der Waals surface area contributed by atoms with Gasteiger partial charge in [-0.25, -0.2) is 0 Å². The van der Waals surface area contributed by atoms with E-state index in [0.717, 1.165) is 6.42 Å². The van der Waals surface area contributed by atoms with Crippen molar-refractivity contribution in [1.29, 1.82) is 0 Å². The lowest BCUT2D eigenvalue weighted by Crippen LogP contribution is -2.54. The van der Waals surface area contributed by atoms with Gasteiger partial charge in [0.15, 0.2) is 0 Å². The van der Waals surface area contributed by atoms with E-state index >= 15 is 0 Å². The van der Waals surface area contributed by atoms with Gasteiger partial charge in [0.05, 0.1) is 12.7 Å². The van der Waals surface area contributed by atoms with Crippen LogP contribution in [-0.4, -0.2) is 48.6 Å². The highest BCUT2D eigenvalue weighted by Crippen LogP contribution is 2.15. The van der Waals surface area contributed by atoms with Crippen molar-refractivity contribution in [2.45, 2.75) is 45.8 Å². The topological polar surface area (TPSA) is 58.6 Å². The third-order valence-electron chi connectivity index (χ3n) is 4.32. The SMILES string of the molecule is CC[C@@H]1CN(C(=O)[C@@H](CC(C)C)NC(=O)c2ccc(Cl)cc2)CCO1. The molecule has 25 heavy (non-hydrogen) atoms. The lowest BCUT2D eigenvalue weighted by molar-refractivity contribution is -0.141. The minimum atomic E-state index is -0.529. The van der Waals surface area contributed by atoms with Crippen molar-refractivity contribution < 1.29 is 14.3 Å². The number of hydrogen-bond donors (Lipinski definition) is 1. The molecule has 1 heterocycles. The van der Waals surface area contributed by atoms with Gasteiger partial charge in [-0.3, -0.25) is 9.59 Å². The zero-order valence-corrected chi connectivity index (χ0v) is 15.9. The third kappa shape index (κ3) is 5.72. The van der Waals surface area contributed by atoms with Gasteiger partial charge in [-0.15, -0.1) is 0 Å². The molecule has 0 aliphatic carbocycles. The fourth-order valence-electron chi connectivity index (χ4n) is 2.92. The summed E-state index contributed by atoms with van der Waals surface area (Å²) >= 11 is 5.87. The average molecular weight is 367 g/mol. The molecule has 1 aliphatic heterocycles. The summed E-state index contributed by atoms with van der Waals surface area (Å²) in [4.78, 5) is 27.3. The molecule has 0 bridgehead atoms. The van der Waals surface area contributed by atoms with Crippen LogP contribution in [0.3, 0.4) is 0 Å². The molecule has 1 fully saturated rings. The maximum atomic E-state index is 13.0. The summed E-state index contributed by atoms with van der Waals surface area (Å²) in [7, 11) is 0. The Morgan fingerprint density at radius 1 is 1.32 bits per heavy atom. The fraction of sp³-hybridized carbons (Fsp3) is 0.579. The summed E-state index contributed by atoms with van der Waals surface area (Å²) < 4.78 is 5.64. The first kappa shape index (κ1) is 19.7. The summed E-state index contributed by atoms with van der Waals surface area (Å²) in [5.41, 5.74) is 0.499. The van der Waals surface area contributed by atoms with Crippen LogP contribution >= 0.6 is 11.6 Å². The van der Waals surface area contributed by atoms with E-state index < -0.39 is 6.04 Å². The number of hydrogen-bond acceptors (Lipinski definition) is 3. The molecular formula is C19H27ClN2O3. The molecule has 0 radical (unpaired) electrons. The van der Waals surface area contributed by atoms with Crippen molar-refractivity contribution in [2.24, 2.45) is 5.92 Å². The number of morpholine rings is 1. The van der Waals surface area contributed by atoms with E-state index in [1.54, 1.807) is 24.3 Å². The molecule has 0 spiro atoms. The molecule has 0 unspecified atom stereocenters. The number of amides is 2. The highest BCUT2D eigenvalue weighted by molar-refractivity contribution is 6.30. The number of benzene rings is 1. The zero-order chi connectivity index (χ0) is 18.4. The number of halogens is 1. The molecule has 2 rings (SSSR count). The summed E-state index contributed by atoms with van der Waals surface area (Å²) in [6.45, 7) is 7.84. The minimum absolute atomic E-state index is 0.0298. The van der Waals surface area contributed by atoms with Gasteiger partial charge in [-0.1, -0.05) is 32.4 Å². The molecule has 6 heteroatoms. The number of rotatable bonds is 6. The Kier molecular flexibility index (Phi) is 7.26. The number of carbonyl (C=O) groups excluding carboxylic acids is 2. The molecule has 138 valence electrons. The molecule has 0 aromatic heterocycles. The van der Waals surface area contributed by atoms with E-state index in [2.05, 4.69) is 5.32 Å². The fourth-order valence-corrected chi connectivity index (χ4v) is 3.05. The normalized spacial score (nSPS) is 18.9. The van der Waals surface area contributed by atoms with Crippen molar-refractivity contribution in [1.82, 2.24) is 10.2 Å². The van der Waals surface area contributed by atoms with Crippen LogP contribution < -0.4 is 5.32 Å². The van der Waals surface area contributed by atoms with E-state index in [1.807, 2.05) is 25.7 Å². The van der Waals surface area contributed by atoms with Gasteiger partial charge in [-0.05, 0) is 43.0 Å². The predicted octanol–water partition coefficient (Wildman–Crippen LogP) is 3.12. The van der Waals surface area contributed by atoms with Crippen LogP contribution in [0.4, 0.5) is 0 Å². The molecule has 1 saturated heterocycles. The molecule has 0 saturated carbocycles. The van der Waals surface area contributed by atoms with Crippen molar-refractivity contribution >= 4 is 23.4 Å². The summed E-state index contributed by atoms with van der Waals surface area (Å²) in [5.74, 6) is 0.0104. The van der Waals surface area contributed by atoms with Crippen LogP contribution in [0.5, 0.6) is 0 Å². The molecule has 1 aromatic carbocycles. The van der Waals surface area contributed by atoms with Gasteiger partial charge >= 0.3 is 0 Å². The number of nitrogens with zero attached hydrogens (tertiary/aromatic N) is 1. The van der Waals surface area contributed by atoms with Crippen molar-refractivity contribution in [3.63, 3.8) is 0 Å². The highest BCUT2D eigenvalue weighted by Gasteiger charge is 2.30. The molecule has 1 aliphatic rings. The molecular weight excluding hydrogens is 340 g/mol. The van der Waals surface area contributed by atoms with Crippen LogP contribution in [0.25, 0.3) is 0 Å². The molecule has 2 amide bonds. The van der Waals surface area contributed by atoms with Crippen LogP contribution in [0, 0.1) is 5.92 Å². The Morgan fingerprint density at radius 3 is 2.60 bits per heavy atom. The highest BCUT2D eigenvalue weighted by atomic mass is 35.5. The maximum absolute atomic E-state index is 13.0. The maximum Gasteiger partial charge on any atom is 0.251 e. The Morgan fingerprint density at radius 2 is 2.00 bits per heavy atom. The number of carbonyl (C=O) groups is 2. The van der Waals surface area contributed by atoms with Crippen LogP contribution in [0.1, 0.15) is 44.0 Å². The Hall–Kier alpha value is -1.59. The van der Waals surface area contributed by atoms with Crippen molar-refractivity contribution in [3.8, 4) is 0 Å². The Bertz CT molecular complexity index is 589. The minimum Gasteiger partial charge on any atom is -0.375 e.